The molecule has 0 atom stereocenters. The normalized spacial score (nSPS) is 9.75. The van der Waals surface area contributed by atoms with Crippen LogP contribution in [0.25, 0.3) is 0 Å². The summed E-state index contributed by atoms with van der Waals surface area (Å²) >= 11 is 0. The van der Waals surface area contributed by atoms with Crippen LogP contribution in [0.4, 0.5) is 0 Å². The third-order valence-electron chi connectivity index (χ3n) is 3.66. The summed E-state index contributed by atoms with van der Waals surface area (Å²) in [6.07, 6.45) is 15.5. The highest BCUT2D eigenvalue weighted by Gasteiger charge is 1.94. The van der Waals surface area contributed by atoms with Crippen molar-refractivity contribution in [1.82, 2.24) is 0 Å². The lowest BCUT2D eigenvalue weighted by atomic mass is 10.0. The molecular weight excluding hydrogens is 244 g/mol. The second kappa shape index (κ2) is 15.7. The number of rotatable bonds is 11. The van der Waals surface area contributed by atoms with E-state index in [1.807, 2.05) is 0 Å². The quantitative estimate of drug-likeness (QED) is 0.357. The van der Waals surface area contributed by atoms with Gasteiger partial charge in [0.25, 0.3) is 0 Å². The summed E-state index contributed by atoms with van der Waals surface area (Å²) in [5, 5.41) is 12.0. The van der Waals surface area contributed by atoms with Gasteiger partial charge in [0.1, 0.15) is 0 Å². The zero-order valence-electron chi connectivity index (χ0n) is 13.1. The summed E-state index contributed by atoms with van der Waals surface area (Å²) in [4.78, 5) is 0. The maximum absolute atomic E-state index is 6.00. The molecule has 1 aromatic carbocycles. The predicted octanol–water partition coefficient (Wildman–Crippen LogP) is 6.18. The molecule has 0 heterocycles. The average Bonchev–Trinajstić information content (AvgIpc) is 2.52. The number of unbranched alkanes of at least 4 members (excludes halogenated alkanes) is 9. The topological polar surface area (TPSA) is 47.6 Å². The van der Waals surface area contributed by atoms with Crippen LogP contribution in [0.5, 0.6) is 0 Å². The van der Waals surface area contributed by atoms with Crippen LogP contribution in [0.1, 0.15) is 76.7 Å². The zero-order valence-corrected chi connectivity index (χ0v) is 13.1. The van der Waals surface area contributed by atoms with Crippen LogP contribution in [0.2, 0.25) is 0 Å². The molecule has 0 saturated heterocycles. The fourth-order valence-electron chi connectivity index (χ4n) is 2.46. The Morgan fingerprint density at radius 2 is 1.10 bits per heavy atom. The zero-order chi connectivity index (χ0) is 14.9. The Kier molecular flexibility index (Phi) is 14.6. The second-order valence-corrected chi connectivity index (χ2v) is 5.42. The van der Waals surface area contributed by atoms with Gasteiger partial charge in [-0.15, -0.1) is 0 Å². The Hall–Kier alpha value is -1.36. The van der Waals surface area contributed by atoms with Gasteiger partial charge in [0.05, 0.1) is 0 Å². The van der Waals surface area contributed by atoms with E-state index in [1.54, 1.807) is 0 Å². The third-order valence-corrected chi connectivity index (χ3v) is 3.66. The van der Waals surface area contributed by atoms with E-state index < -0.39 is 0 Å². The Morgan fingerprint density at radius 3 is 1.60 bits per heavy atom. The van der Waals surface area contributed by atoms with Crippen molar-refractivity contribution in [3.63, 3.8) is 0 Å². The molecule has 2 heteroatoms. The molecular formula is C18H30N2. The van der Waals surface area contributed by atoms with Crippen molar-refractivity contribution in [1.29, 1.82) is 10.8 Å². The monoisotopic (exact) mass is 274 g/mol. The molecule has 1 aromatic rings. The molecule has 0 N–H and O–H groups in total. The molecule has 0 aliphatic carbocycles. The molecule has 0 aliphatic heterocycles. The van der Waals surface area contributed by atoms with Gasteiger partial charge >= 0.3 is 0 Å². The molecule has 20 heavy (non-hydrogen) atoms. The average molecular weight is 274 g/mol. The van der Waals surface area contributed by atoms with Gasteiger partial charge in [-0.05, 0) is 18.4 Å². The van der Waals surface area contributed by atoms with Crippen molar-refractivity contribution < 1.29 is 0 Å². The predicted molar refractivity (Wildman–Crippen MR) is 85.4 cm³/mol. The van der Waals surface area contributed by atoms with Crippen LogP contribution < -0.4 is 0 Å². The molecule has 0 aromatic heterocycles. The lowest BCUT2D eigenvalue weighted by molar-refractivity contribution is 0.556. The summed E-state index contributed by atoms with van der Waals surface area (Å²) in [5.41, 5.74) is 1.50. The molecule has 0 saturated carbocycles. The van der Waals surface area contributed by atoms with Crippen molar-refractivity contribution >= 4 is 0 Å². The largest absolute Gasteiger partial charge is 0.0654 e. The molecule has 0 fully saturated rings. The Balaban J connectivity index is 0.00000172. The van der Waals surface area contributed by atoms with Crippen LogP contribution in [-0.4, -0.2) is 0 Å². The lowest BCUT2D eigenvalue weighted by Gasteiger charge is -2.03. The minimum absolute atomic E-state index is 1.26. The van der Waals surface area contributed by atoms with Gasteiger partial charge in [0, 0.05) is 10.8 Å². The maximum Gasteiger partial charge on any atom is 0 e. The molecule has 0 radical (unpaired) electrons. The van der Waals surface area contributed by atoms with Crippen molar-refractivity contribution in [3.05, 3.63) is 35.9 Å². The Bertz CT molecular complexity index is 306. The highest BCUT2D eigenvalue weighted by atomic mass is 14.6. The molecule has 0 bridgehead atoms. The van der Waals surface area contributed by atoms with E-state index in [1.165, 1.54) is 76.2 Å². The van der Waals surface area contributed by atoms with Crippen LogP contribution in [0.3, 0.4) is 0 Å². The minimum Gasteiger partial charge on any atom is -0.0654 e. The number of benzene rings is 1. The fourth-order valence-corrected chi connectivity index (χ4v) is 2.46. The molecule has 2 nitrogen and oxygen atoms in total. The molecule has 0 spiro atoms. The standard InChI is InChI=1S/C18H30.N2/c1-2-3-4-5-6-7-8-9-10-12-15-18-16-13-11-14-17-18;1-2/h11,13-14,16-17H,2-10,12,15H2,1H3;. The third kappa shape index (κ3) is 11.7. The molecule has 1 rings (SSSR count). The van der Waals surface area contributed by atoms with E-state index in [4.69, 9.17) is 10.8 Å². The summed E-state index contributed by atoms with van der Waals surface area (Å²) in [6, 6.07) is 10.9. The molecule has 0 amide bonds. The van der Waals surface area contributed by atoms with Crippen LogP contribution in [0, 0.1) is 10.8 Å². The van der Waals surface area contributed by atoms with Gasteiger partial charge < -0.3 is 0 Å². The fraction of sp³-hybridized carbons (Fsp3) is 0.667. The van der Waals surface area contributed by atoms with Crippen LogP contribution >= 0.6 is 0 Å². The van der Waals surface area contributed by atoms with Crippen LogP contribution in [0.15, 0.2) is 30.3 Å². The minimum atomic E-state index is 1.26. The number of hydrogen-bond acceptors (Lipinski definition) is 2. The first kappa shape index (κ1) is 18.6. The summed E-state index contributed by atoms with van der Waals surface area (Å²) in [5.74, 6) is 0. The SMILES string of the molecule is CCCCCCCCCCCCc1ccccc1.N#N. The Morgan fingerprint density at radius 1 is 0.650 bits per heavy atom. The first-order valence-electron chi connectivity index (χ1n) is 8.17. The van der Waals surface area contributed by atoms with E-state index in [2.05, 4.69) is 37.3 Å². The van der Waals surface area contributed by atoms with Crippen molar-refractivity contribution in [3.8, 4) is 0 Å². The van der Waals surface area contributed by atoms with Gasteiger partial charge in [-0.3, -0.25) is 0 Å². The summed E-state index contributed by atoms with van der Waals surface area (Å²) in [7, 11) is 0. The van der Waals surface area contributed by atoms with E-state index in [9.17, 15) is 0 Å². The van der Waals surface area contributed by atoms with E-state index >= 15 is 0 Å². The highest BCUT2D eigenvalue weighted by molar-refractivity contribution is 5.14. The Labute approximate surface area is 125 Å². The highest BCUT2D eigenvalue weighted by Crippen LogP contribution is 2.12. The smallest absolute Gasteiger partial charge is 0 e. The molecule has 0 unspecified atom stereocenters. The van der Waals surface area contributed by atoms with E-state index in [-0.39, 0.29) is 0 Å². The van der Waals surface area contributed by atoms with Gasteiger partial charge in [-0.2, -0.15) is 0 Å². The van der Waals surface area contributed by atoms with Gasteiger partial charge in [-0.1, -0.05) is 95.0 Å². The van der Waals surface area contributed by atoms with Crippen molar-refractivity contribution in [2.75, 3.05) is 0 Å². The molecule has 112 valence electrons. The van der Waals surface area contributed by atoms with Gasteiger partial charge in [-0.25, -0.2) is 0 Å². The van der Waals surface area contributed by atoms with Gasteiger partial charge in [0.2, 0.25) is 0 Å². The molecule has 0 aliphatic rings. The second-order valence-electron chi connectivity index (χ2n) is 5.42. The van der Waals surface area contributed by atoms with Gasteiger partial charge in [0.15, 0.2) is 0 Å². The summed E-state index contributed by atoms with van der Waals surface area (Å²) < 4.78 is 0. The number of nitrogens with zero attached hydrogens (tertiary/aromatic N) is 2. The number of hydrogen-bond donors (Lipinski definition) is 0. The van der Waals surface area contributed by atoms with Crippen molar-refractivity contribution in [2.24, 2.45) is 0 Å². The van der Waals surface area contributed by atoms with Crippen molar-refractivity contribution in [2.45, 2.75) is 77.6 Å². The first-order valence-corrected chi connectivity index (χ1v) is 8.17. The number of aryl methyl sites for hydroxylation is 1. The first-order chi connectivity index (χ1) is 9.93. The maximum atomic E-state index is 6.00. The lowest BCUT2D eigenvalue weighted by Crippen LogP contribution is -1.86. The van der Waals surface area contributed by atoms with E-state index in [0.717, 1.165) is 0 Å². The van der Waals surface area contributed by atoms with Crippen LogP contribution in [-0.2, 0) is 6.42 Å². The summed E-state index contributed by atoms with van der Waals surface area (Å²) in [6.45, 7) is 2.28. The van der Waals surface area contributed by atoms with E-state index in [0.29, 0.717) is 0 Å².